The van der Waals surface area contributed by atoms with Gasteiger partial charge in [-0.2, -0.15) is 14.0 Å². The molecule has 0 saturated carbocycles. The summed E-state index contributed by atoms with van der Waals surface area (Å²) in [6.07, 6.45) is 0. The molecule has 0 radical (unpaired) electrons. The molecule has 3 rings (SSSR count). The van der Waals surface area contributed by atoms with Crippen molar-refractivity contribution < 1.29 is 18.3 Å². The van der Waals surface area contributed by atoms with Crippen LogP contribution in [0.4, 0.5) is 20.3 Å². The maximum absolute atomic E-state index is 12.9. The highest BCUT2D eigenvalue weighted by atomic mass is 32.2. The number of ether oxygens (including phenoxy) is 1. The Labute approximate surface area is 181 Å². The Balaban J connectivity index is 1.82. The number of aromatic nitrogens is 2. The SMILES string of the molecule is Cc1cc(C(=O)CSc2nc(N)cc(N)c2C#N)c(C)n1-c1ccc(OC(F)F)cc1. The molecule has 0 atom stereocenters. The largest absolute Gasteiger partial charge is 0.435 e. The summed E-state index contributed by atoms with van der Waals surface area (Å²) in [5.41, 5.74) is 14.6. The Bertz CT molecular complexity index is 1170. The van der Waals surface area contributed by atoms with Crippen LogP contribution in [-0.4, -0.2) is 27.7 Å². The summed E-state index contributed by atoms with van der Waals surface area (Å²) >= 11 is 1.09. The molecule has 1 aromatic carbocycles. The predicted octanol–water partition coefficient (Wildman–Crippen LogP) is 4.10. The van der Waals surface area contributed by atoms with E-state index in [1.807, 2.05) is 17.6 Å². The van der Waals surface area contributed by atoms with Gasteiger partial charge in [-0.3, -0.25) is 4.79 Å². The van der Waals surface area contributed by atoms with Crippen molar-refractivity contribution in [1.29, 1.82) is 5.26 Å². The number of halogens is 2. The number of pyridine rings is 1. The molecule has 0 fully saturated rings. The van der Waals surface area contributed by atoms with Crippen molar-refractivity contribution >= 4 is 29.1 Å². The minimum atomic E-state index is -2.89. The van der Waals surface area contributed by atoms with Crippen molar-refractivity contribution in [3.05, 3.63) is 58.9 Å². The zero-order valence-electron chi connectivity index (χ0n) is 16.7. The van der Waals surface area contributed by atoms with Crippen LogP contribution in [0.1, 0.15) is 27.3 Å². The van der Waals surface area contributed by atoms with E-state index in [9.17, 15) is 18.8 Å². The molecule has 0 spiro atoms. The van der Waals surface area contributed by atoms with Crippen molar-refractivity contribution in [2.24, 2.45) is 0 Å². The van der Waals surface area contributed by atoms with E-state index in [1.165, 1.54) is 18.2 Å². The lowest BCUT2D eigenvalue weighted by molar-refractivity contribution is -0.0498. The number of nitriles is 1. The lowest BCUT2D eigenvalue weighted by Crippen LogP contribution is -2.07. The van der Waals surface area contributed by atoms with E-state index in [-0.39, 0.29) is 34.4 Å². The third-order valence-electron chi connectivity index (χ3n) is 4.54. The molecule has 2 aromatic heterocycles. The van der Waals surface area contributed by atoms with Crippen LogP contribution in [0.25, 0.3) is 5.69 Å². The molecule has 0 aliphatic heterocycles. The zero-order valence-corrected chi connectivity index (χ0v) is 17.5. The molecule has 10 heteroatoms. The number of benzene rings is 1. The van der Waals surface area contributed by atoms with Crippen molar-refractivity contribution in [2.75, 3.05) is 17.2 Å². The van der Waals surface area contributed by atoms with Gasteiger partial charge in [-0.1, -0.05) is 11.8 Å². The first-order valence-corrected chi connectivity index (χ1v) is 10.1. The van der Waals surface area contributed by atoms with Crippen molar-refractivity contribution in [1.82, 2.24) is 9.55 Å². The van der Waals surface area contributed by atoms with Gasteiger partial charge >= 0.3 is 6.61 Å². The minimum absolute atomic E-state index is 0.0377. The van der Waals surface area contributed by atoms with Gasteiger partial charge in [0.15, 0.2) is 5.78 Å². The van der Waals surface area contributed by atoms with Crippen LogP contribution >= 0.6 is 11.8 Å². The van der Waals surface area contributed by atoms with Gasteiger partial charge in [-0.15, -0.1) is 0 Å². The summed E-state index contributed by atoms with van der Waals surface area (Å²) in [5, 5.41) is 9.59. The molecule has 4 N–H and O–H groups in total. The second-order valence-electron chi connectivity index (χ2n) is 6.63. The van der Waals surface area contributed by atoms with Crippen LogP contribution < -0.4 is 16.2 Å². The van der Waals surface area contributed by atoms with Crippen molar-refractivity contribution in [3.63, 3.8) is 0 Å². The van der Waals surface area contributed by atoms with Crippen molar-refractivity contribution in [2.45, 2.75) is 25.5 Å². The monoisotopic (exact) mass is 443 g/mol. The molecule has 0 aliphatic rings. The summed E-state index contributed by atoms with van der Waals surface area (Å²) in [5.74, 6) is 0.101. The van der Waals surface area contributed by atoms with E-state index in [0.717, 1.165) is 17.5 Å². The Kier molecular flexibility index (Phi) is 6.46. The van der Waals surface area contributed by atoms with E-state index in [0.29, 0.717) is 22.0 Å². The van der Waals surface area contributed by atoms with Gasteiger partial charge in [0.2, 0.25) is 0 Å². The fraction of sp³-hybridized carbons (Fsp3) is 0.190. The van der Waals surface area contributed by atoms with Gasteiger partial charge < -0.3 is 20.8 Å². The molecule has 0 amide bonds. The van der Waals surface area contributed by atoms with Gasteiger partial charge in [0.05, 0.1) is 11.4 Å². The summed E-state index contributed by atoms with van der Waals surface area (Å²) in [4.78, 5) is 17.0. The molecule has 0 bridgehead atoms. The van der Waals surface area contributed by atoms with Gasteiger partial charge in [0, 0.05) is 28.7 Å². The number of anilines is 2. The highest BCUT2D eigenvalue weighted by molar-refractivity contribution is 8.00. The number of hydrogen-bond acceptors (Lipinski definition) is 7. The van der Waals surface area contributed by atoms with E-state index in [4.69, 9.17) is 11.5 Å². The summed E-state index contributed by atoms with van der Waals surface area (Å²) in [7, 11) is 0. The Hall–Kier alpha value is -3.58. The zero-order chi connectivity index (χ0) is 22.7. The molecular formula is C21H19F2N5O2S. The maximum Gasteiger partial charge on any atom is 0.387 e. The number of carbonyl (C=O) groups is 1. The topological polar surface area (TPSA) is 120 Å². The average Bonchev–Trinajstić information content (AvgIpc) is 3.00. The number of hydrogen-bond donors (Lipinski definition) is 2. The van der Waals surface area contributed by atoms with Gasteiger partial charge in [0.1, 0.15) is 28.2 Å². The highest BCUT2D eigenvalue weighted by Crippen LogP contribution is 2.29. The lowest BCUT2D eigenvalue weighted by atomic mass is 10.2. The Morgan fingerprint density at radius 1 is 1.26 bits per heavy atom. The third kappa shape index (κ3) is 4.78. The van der Waals surface area contributed by atoms with Crippen LogP contribution in [0, 0.1) is 25.2 Å². The van der Waals surface area contributed by atoms with Crippen LogP contribution in [0.5, 0.6) is 5.75 Å². The Morgan fingerprint density at radius 2 is 1.94 bits per heavy atom. The summed E-state index contributed by atoms with van der Waals surface area (Å²) in [6, 6.07) is 11.3. The molecule has 31 heavy (non-hydrogen) atoms. The number of nitrogens with zero attached hydrogens (tertiary/aromatic N) is 3. The van der Waals surface area contributed by atoms with E-state index < -0.39 is 6.61 Å². The molecule has 0 unspecified atom stereocenters. The second kappa shape index (κ2) is 9.06. The first kappa shape index (κ1) is 22.1. The van der Waals surface area contributed by atoms with Crippen LogP contribution in [0.3, 0.4) is 0 Å². The number of ketones is 1. The van der Waals surface area contributed by atoms with E-state index in [1.54, 1.807) is 25.1 Å². The smallest absolute Gasteiger partial charge is 0.387 e. The maximum atomic E-state index is 12.9. The van der Waals surface area contributed by atoms with Gasteiger partial charge in [-0.25, -0.2) is 4.98 Å². The third-order valence-corrected chi connectivity index (χ3v) is 5.52. The number of Topliss-reactive ketones (excluding diaryl/α,β-unsaturated/α-hetero) is 1. The van der Waals surface area contributed by atoms with Gasteiger partial charge in [0.25, 0.3) is 0 Å². The first-order chi connectivity index (χ1) is 14.7. The molecular weight excluding hydrogens is 424 g/mol. The number of carbonyl (C=O) groups excluding carboxylic acids is 1. The predicted molar refractivity (Wildman–Crippen MR) is 115 cm³/mol. The highest BCUT2D eigenvalue weighted by Gasteiger charge is 2.19. The lowest BCUT2D eigenvalue weighted by Gasteiger charge is -2.11. The summed E-state index contributed by atoms with van der Waals surface area (Å²) in [6.45, 7) is 0.745. The molecule has 3 aromatic rings. The number of alkyl halides is 2. The molecule has 160 valence electrons. The van der Waals surface area contributed by atoms with Crippen LogP contribution in [0.2, 0.25) is 0 Å². The standard InChI is InChI=1S/C21H19F2N5O2S/c1-11-7-15(12(2)28(11)13-3-5-14(6-4-13)30-21(22)23)18(29)10-31-20-16(9-24)17(25)8-19(26)27-20/h3-8,21H,10H2,1-2H3,(H4,25,26,27). The normalized spacial score (nSPS) is 10.8. The van der Waals surface area contributed by atoms with Crippen LogP contribution in [0.15, 0.2) is 41.4 Å². The molecule has 7 nitrogen and oxygen atoms in total. The molecule has 0 aliphatic carbocycles. The number of thioether (sulfide) groups is 1. The van der Waals surface area contributed by atoms with E-state index >= 15 is 0 Å². The quantitative estimate of drug-likeness (QED) is 0.417. The average molecular weight is 443 g/mol. The molecule has 2 heterocycles. The summed E-state index contributed by atoms with van der Waals surface area (Å²) < 4.78 is 30.9. The fourth-order valence-corrected chi connectivity index (χ4v) is 4.11. The number of nitrogen functional groups attached to an aromatic ring is 2. The number of nitrogens with two attached hydrogens (primary N) is 2. The van der Waals surface area contributed by atoms with Crippen LogP contribution in [-0.2, 0) is 0 Å². The van der Waals surface area contributed by atoms with Gasteiger partial charge in [-0.05, 0) is 44.2 Å². The number of aryl methyl sites for hydroxylation is 1. The fourth-order valence-electron chi connectivity index (χ4n) is 3.21. The Morgan fingerprint density at radius 3 is 2.55 bits per heavy atom. The number of rotatable bonds is 7. The minimum Gasteiger partial charge on any atom is -0.435 e. The van der Waals surface area contributed by atoms with Crippen molar-refractivity contribution in [3.8, 4) is 17.5 Å². The second-order valence-corrected chi connectivity index (χ2v) is 7.60. The first-order valence-electron chi connectivity index (χ1n) is 9.07. The van der Waals surface area contributed by atoms with E-state index in [2.05, 4.69) is 9.72 Å². The molecule has 0 saturated heterocycles.